The van der Waals surface area contributed by atoms with E-state index in [2.05, 4.69) is 5.10 Å². The molecule has 0 unspecified atom stereocenters. The van der Waals surface area contributed by atoms with Gasteiger partial charge in [-0.3, -0.25) is 9.48 Å². The average Bonchev–Trinajstić information content (AvgIpc) is 3.05. The van der Waals surface area contributed by atoms with E-state index >= 15 is 0 Å². The smallest absolute Gasteiger partial charge is 0.227 e. The summed E-state index contributed by atoms with van der Waals surface area (Å²) in [5, 5.41) is 4.14. The summed E-state index contributed by atoms with van der Waals surface area (Å²) in [6.07, 6.45) is 3.00. The summed E-state index contributed by atoms with van der Waals surface area (Å²) in [7, 11) is -3.29. The zero-order valence-electron chi connectivity index (χ0n) is 14.2. The lowest BCUT2D eigenvalue weighted by Gasteiger charge is -2.35. The van der Waals surface area contributed by atoms with Crippen molar-refractivity contribution in [2.24, 2.45) is 0 Å². The number of hydrogen-bond donors (Lipinski definition) is 0. The molecular formula is C17H19F2N3O3S. The third-order valence-corrected chi connectivity index (χ3v) is 6.10. The van der Waals surface area contributed by atoms with Crippen molar-refractivity contribution >= 4 is 15.7 Å². The van der Waals surface area contributed by atoms with E-state index in [9.17, 15) is 22.0 Å². The van der Waals surface area contributed by atoms with Crippen molar-refractivity contribution in [3.8, 4) is 0 Å². The highest BCUT2D eigenvalue weighted by atomic mass is 32.2. The van der Waals surface area contributed by atoms with Crippen LogP contribution < -0.4 is 0 Å². The Morgan fingerprint density at radius 2 is 2.12 bits per heavy atom. The van der Waals surface area contributed by atoms with Crippen LogP contribution in [0.1, 0.15) is 24.1 Å². The van der Waals surface area contributed by atoms with Gasteiger partial charge in [0, 0.05) is 30.9 Å². The molecule has 2 aromatic rings. The number of hydrogen-bond acceptors (Lipinski definition) is 4. The molecule has 1 aromatic heterocycles. The Labute approximate surface area is 150 Å². The molecule has 1 amide bonds. The van der Waals surface area contributed by atoms with Crippen LogP contribution in [0.5, 0.6) is 0 Å². The van der Waals surface area contributed by atoms with E-state index in [-0.39, 0.29) is 30.0 Å². The van der Waals surface area contributed by atoms with Crippen molar-refractivity contribution in [1.82, 2.24) is 14.7 Å². The summed E-state index contributed by atoms with van der Waals surface area (Å²) in [4.78, 5) is 14.2. The van der Waals surface area contributed by atoms with Crippen molar-refractivity contribution in [3.63, 3.8) is 0 Å². The Morgan fingerprint density at radius 3 is 2.77 bits per heavy atom. The van der Waals surface area contributed by atoms with Crippen LogP contribution in [0.25, 0.3) is 0 Å². The summed E-state index contributed by atoms with van der Waals surface area (Å²) < 4.78 is 52.7. The van der Waals surface area contributed by atoms with E-state index in [1.165, 1.54) is 11.0 Å². The van der Waals surface area contributed by atoms with Gasteiger partial charge in [0.15, 0.2) is 9.84 Å². The maximum atomic E-state index is 13.9. The van der Waals surface area contributed by atoms with E-state index in [0.29, 0.717) is 12.1 Å². The van der Waals surface area contributed by atoms with Gasteiger partial charge >= 0.3 is 0 Å². The normalized spacial score (nSPS) is 19.5. The standard InChI is InChI=1S/C17H19F2N3O3S/c1-2-21-10-13(9-20-21)16-11-26(24,25)6-5-22(16)17(23)7-12-3-4-14(18)8-15(12)19/h3-4,8-10,16H,2,5-7,11H2,1H3/t16-/m0/s1. The van der Waals surface area contributed by atoms with Crippen LogP contribution in [0.15, 0.2) is 30.6 Å². The minimum absolute atomic E-state index is 0.0337. The molecular weight excluding hydrogens is 364 g/mol. The predicted molar refractivity (Wildman–Crippen MR) is 91.1 cm³/mol. The van der Waals surface area contributed by atoms with Crippen LogP contribution >= 0.6 is 0 Å². The van der Waals surface area contributed by atoms with Gasteiger partial charge < -0.3 is 4.90 Å². The fourth-order valence-electron chi connectivity index (χ4n) is 3.04. The third kappa shape index (κ3) is 3.92. The van der Waals surface area contributed by atoms with E-state index in [1.54, 1.807) is 17.1 Å². The number of rotatable bonds is 4. The molecule has 0 bridgehead atoms. The number of amides is 1. The second-order valence-corrected chi connectivity index (χ2v) is 8.49. The molecule has 1 aliphatic rings. The second-order valence-electron chi connectivity index (χ2n) is 6.26. The first-order valence-electron chi connectivity index (χ1n) is 8.25. The van der Waals surface area contributed by atoms with Crippen LogP contribution in [0.3, 0.4) is 0 Å². The summed E-state index contributed by atoms with van der Waals surface area (Å²) in [5.74, 6) is -2.24. The molecule has 0 saturated carbocycles. The van der Waals surface area contributed by atoms with Gasteiger partial charge in [-0.1, -0.05) is 6.07 Å². The van der Waals surface area contributed by atoms with Crippen molar-refractivity contribution in [1.29, 1.82) is 0 Å². The SMILES string of the molecule is CCn1cc([C@@H]2CS(=O)(=O)CCN2C(=O)Cc2ccc(F)cc2F)cn1. The van der Waals surface area contributed by atoms with Crippen LogP contribution in [0.4, 0.5) is 8.78 Å². The van der Waals surface area contributed by atoms with Gasteiger partial charge in [0.05, 0.1) is 30.2 Å². The molecule has 26 heavy (non-hydrogen) atoms. The quantitative estimate of drug-likeness (QED) is 0.806. The lowest BCUT2D eigenvalue weighted by Crippen LogP contribution is -2.46. The van der Waals surface area contributed by atoms with Crippen molar-refractivity contribution < 1.29 is 22.0 Å². The third-order valence-electron chi connectivity index (χ3n) is 4.47. The molecule has 3 rings (SSSR count). The van der Waals surface area contributed by atoms with Crippen LogP contribution in [-0.2, 0) is 27.6 Å². The molecule has 6 nitrogen and oxygen atoms in total. The fourth-order valence-corrected chi connectivity index (χ4v) is 4.53. The highest BCUT2D eigenvalue weighted by Gasteiger charge is 2.35. The molecule has 1 fully saturated rings. The van der Waals surface area contributed by atoms with E-state index in [1.807, 2.05) is 6.92 Å². The van der Waals surface area contributed by atoms with Crippen LogP contribution in [-0.4, -0.2) is 47.1 Å². The monoisotopic (exact) mass is 383 g/mol. The highest BCUT2D eigenvalue weighted by Crippen LogP contribution is 2.27. The van der Waals surface area contributed by atoms with Gasteiger partial charge in [0.2, 0.25) is 5.91 Å². The maximum Gasteiger partial charge on any atom is 0.227 e. The lowest BCUT2D eigenvalue weighted by molar-refractivity contribution is -0.132. The summed E-state index contributed by atoms with van der Waals surface area (Å²) >= 11 is 0. The molecule has 1 aliphatic heterocycles. The number of sulfone groups is 1. The largest absolute Gasteiger partial charge is 0.333 e. The zero-order chi connectivity index (χ0) is 18.9. The predicted octanol–water partition coefficient (Wildman–Crippen LogP) is 1.72. The number of carbonyl (C=O) groups excluding carboxylic acids is 1. The maximum absolute atomic E-state index is 13.9. The minimum Gasteiger partial charge on any atom is -0.333 e. The van der Waals surface area contributed by atoms with Crippen LogP contribution in [0.2, 0.25) is 0 Å². The van der Waals surface area contributed by atoms with Gasteiger partial charge in [-0.05, 0) is 18.6 Å². The molecule has 1 saturated heterocycles. The Bertz CT molecular complexity index is 927. The molecule has 140 valence electrons. The Hall–Kier alpha value is -2.29. The number of aryl methyl sites for hydroxylation is 1. The van der Waals surface area contributed by atoms with Gasteiger partial charge in [0.25, 0.3) is 0 Å². The molecule has 1 atom stereocenters. The highest BCUT2D eigenvalue weighted by molar-refractivity contribution is 7.91. The Kier molecular flexibility index (Phi) is 5.08. The topological polar surface area (TPSA) is 72.3 Å². The van der Waals surface area contributed by atoms with Crippen molar-refractivity contribution in [2.45, 2.75) is 25.9 Å². The lowest BCUT2D eigenvalue weighted by atomic mass is 10.1. The summed E-state index contributed by atoms with van der Waals surface area (Å²) in [6.45, 7) is 2.55. The van der Waals surface area contributed by atoms with E-state index in [4.69, 9.17) is 0 Å². The minimum atomic E-state index is -3.29. The fraction of sp³-hybridized carbons (Fsp3) is 0.412. The number of aromatic nitrogens is 2. The van der Waals surface area contributed by atoms with Gasteiger partial charge in [-0.15, -0.1) is 0 Å². The van der Waals surface area contributed by atoms with Crippen LogP contribution in [0, 0.1) is 11.6 Å². The second kappa shape index (κ2) is 7.14. The van der Waals surface area contributed by atoms with E-state index < -0.39 is 33.4 Å². The van der Waals surface area contributed by atoms with Gasteiger partial charge in [0.1, 0.15) is 11.6 Å². The number of benzene rings is 1. The van der Waals surface area contributed by atoms with Gasteiger partial charge in [-0.25, -0.2) is 17.2 Å². The molecule has 0 spiro atoms. The summed E-state index contributed by atoms with van der Waals surface area (Å²) in [6, 6.07) is 2.39. The molecule has 2 heterocycles. The van der Waals surface area contributed by atoms with Crippen molar-refractivity contribution in [2.75, 3.05) is 18.1 Å². The van der Waals surface area contributed by atoms with Crippen molar-refractivity contribution in [3.05, 3.63) is 53.4 Å². The number of halogens is 2. The first-order valence-corrected chi connectivity index (χ1v) is 10.1. The number of carbonyl (C=O) groups is 1. The Balaban J connectivity index is 1.86. The molecule has 0 aliphatic carbocycles. The van der Waals surface area contributed by atoms with E-state index in [0.717, 1.165) is 12.1 Å². The molecule has 0 radical (unpaired) electrons. The molecule has 0 N–H and O–H groups in total. The number of nitrogens with zero attached hydrogens (tertiary/aromatic N) is 3. The molecule has 1 aromatic carbocycles. The first kappa shape index (κ1) is 18.5. The first-order chi connectivity index (χ1) is 12.3. The molecule has 9 heteroatoms. The Morgan fingerprint density at radius 1 is 1.35 bits per heavy atom. The van der Waals surface area contributed by atoms with Gasteiger partial charge in [-0.2, -0.15) is 5.10 Å². The zero-order valence-corrected chi connectivity index (χ0v) is 15.0. The summed E-state index contributed by atoms with van der Waals surface area (Å²) in [5.41, 5.74) is 0.705. The average molecular weight is 383 g/mol.